The van der Waals surface area contributed by atoms with Crippen LogP contribution < -0.4 is 5.32 Å². The fourth-order valence-corrected chi connectivity index (χ4v) is 1.53. The van der Waals surface area contributed by atoms with E-state index >= 15 is 0 Å². The standard InChI is InChI=1S/C14H19NO2/c1-11-5-4-6-13(9-11)7-8-14(16)15-12(2)10-17-3/h4-9,12H,10H2,1-3H3,(H,15,16)/b8-7+/t12-/m0/s1. The molecule has 0 saturated carbocycles. The van der Waals surface area contributed by atoms with Crippen LogP contribution in [0.4, 0.5) is 0 Å². The van der Waals surface area contributed by atoms with Gasteiger partial charge in [0.05, 0.1) is 6.61 Å². The highest BCUT2D eigenvalue weighted by Gasteiger charge is 2.02. The molecular formula is C14H19NO2. The first-order chi connectivity index (χ1) is 8.11. The molecule has 0 bridgehead atoms. The van der Waals surface area contributed by atoms with Crippen LogP contribution in [0.25, 0.3) is 6.08 Å². The first-order valence-corrected chi connectivity index (χ1v) is 5.66. The van der Waals surface area contributed by atoms with Gasteiger partial charge in [0.15, 0.2) is 0 Å². The predicted molar refractivity (Wildman–Crippen MR) is 69.7 cm³/mol. The number of hydrogen-bond acceptors (Lipinski definition) is 2. The molecule has 92 valence electrons. The van der Waals surface area contributed by atoms with E-state index < -0.39 is 0 Å². The summed E-state index contributed by atoms with van der Waals surface area (Å²) in [6, 6.07) is 8.02. The molecule has 0 spiro atoms. The summed E-state index contributed by atoms with van der Waals surface area (Å²) in [5.41, 5.74) is 2.21. The fourth-order valence-electron chi connectivity index (χ4n) is 1.53. The van der Waals surface area contributed by atoms with Gasteiger partial charge in [-0.25, -0.2) is 0 Å². The van der Waals surface area contributed by atoms with Gasteiger partial charge in [-0.15, -0.1) is 0 Å². The van der Waals surface area contributed by atoms with E-state index in [1.807, 2.05) is 44.2 Å². The first kappa shape index (κ1) is 13.5. The Morgan fingerprint density at radius 1 is 1.53 bits per heavy atom. The zero-order valence-corrected chi connectivity index (χ0v) is 10.6. The van der Waals surface area contributed by atoms with Crippen LogP contribution in [0, 0.1) is 6.92 Å². The molecule has 0 radical (unpaired) electrons. The summed E-state index contributed by atoms with van der Waals surface area (Å²) in [4.78, 5) is 11.5. The van der Waals surface area contributed by atoms with Crippen LogP contribution in [0.1, 0.15) is 18.1 Å². The third kappa shape index (κ3) is 5.31. The lowest BCUT2D eigenvalue weighted by Crippen LogP contribution is -2.34. The number of hydrogen-bond donors (Lipinski definition) is 1. The van der Waals surface area contributed by atoms with Crippen molar-refractivity contribution in [1.29, 1.82) is 0 Å². The van der Waals surface area contributed by atoms with E-state index in [9.17, 15) is 4.79 Å². The van der Waals surface area contributed by atoms with Gasteiger partial charge >= 0.3 is 0 Å². The number of carbonyl (C=O) groups is 1. The van der Waals surface area contributed by atoms with Crippen LogP contribution in [0.15, 0.2) is 30.3 Å². The molecule has 0 fully saturated rings. The number of aryl methyl sites for hydroxylation is 1. The minimum atomic E-state index is -0.101. The highest BCUT2D eigenvalue weighted by atomic mass is 16.5. The average Bonchev–Trinajstić information content (AvgIpc) is 2.27. The van der Waals surface area contributed by atoms with Crippen LogP contribution in [-0.2, 0) is 9.53 Å². The van der Waals surface area contributed by atoms with Gasteiger partial charge in [0, 0.05) is 19.2 Å². The second-order valence-corrected chi connectivity index (χ2v) is 4.11. The number of methoxy groups -OCH3 is 1. The SMILES string of the molecule is COC[C@H](C)NC(=O)/C=C/c1cccc(C)c1. The average molecular weight is 233 g/mol. The quantitative estimate of drug-likeness (QED) is 0.791. The Kier molecular flexibility index (Phi) is 5.43. The Labute approximate surface area is 102 Å². The van der Waals surface area contributed by atoms with Crippen molar-refractivity contribution < 1.29 is 9.53 Å². The Morgan fingerprint density at radius 2 is 2.29 bits per heavy atom. The van der Waals surface area contributed by atoms with Crippen molar-refractivity contribution in [3.8, 4) is 0 Å². The van der Waals surface area contributed by atoms with Gasteiger partial charge in [-0.05, 0) is 25.5 Å². The first-order valence-electron chi connectivity index (χ1n) is 5.66. The monoisotopic (exact) mass is 233 g/mol. The van der Waals surface area contributed by atoms with E-state index in [-0.39, 0.29) is 11.9 Å². The summed E-state index contributed by atoms with van der Waals surface area (Å²) in [6.45, 7) is 4.45. The molecule has 1 aromatic carbocycles. The molecule has 1 amide bonds. The molecule has 1 rings (SSSR count). The molecule has 1 N–H and O–H groups in total. The van der Waals surface area contributed by atoms with Gasteiger partial charge in [-0.3, -0.25) is 4.79 Å². The van der Waals surface area contributed by atoms with Crippen molar-refractivity contribution >= 4 is 12.0 Å². The zero-order valence-electron chi connectivity index (χ0n) is 10.6. The van der Waals surface area contributed by atoms with Gasteiger partial charge in [-0.1, -0.05) is 29.8 Å². The predicted octanol–water partition coefficient (Wildman–Crippen LogP) is 2.16. The van der Waals surface area contributed by atoms with Crippen molar-refractivity contribution in [2.75, 3.05) is 13.7 Å². The van der Waals surface area contributed by atoms with E-state index in [0.717, 1.165) is 5.56 Å². The normalized spacial score (nSPS) is 12.6. The fraction of sp³-hybridized carbons (Fsp3) is 0.357. The van der Waals surface area contributed by atoms with E-state index in [4.69, 9.17) is 4.74 Å². The lowest BCUT2D eigenvalue weighted by atomic mass is 10.1. The summed E-state index contributed by atoms with van der Waals surface area (Å²) in [7, 11) is 1.62. The maximum absolute atomic E-state index is 11.5. The molecule has 0 aliphatic heterocycles. The molecule has 1 aromatic rings. The van der Waals surface area contributed by atoms with Gasteiger partial charge in [-0.2, -0.15) is 0 Å². The maximum Gasteiger partial charge on any atom is 0.244 e. The summed E-state index contributed by atoms with van der Waals surface area (Å²) < 4.78 is 4.94. The molecule has 1 atom stereocenters. The molecule has 17 heavy (non-hydrogen) atoms. The van der Waals surface area contributed by atoms with Crippen molar-refractivity contribution in [2.45, 2.75) is 19.9 Å². The number of nitrogens with one attached hydrogen (secondary N) is 1. The van der Waals surface area contributed by atoms with Crippen LogP contribution in [0.3, 0.4) is 0 Å². The van der Waals surface area contributed by atoms with Crippen LogP contribution in [0.2, 0.25) is 0 Å². The number of rotatable bonds is 5. The number of amides is 1. The van der Waals surface area contributed by atoms with Crippen molar-refractivity contribution in [3.63, 3.8) is 0 Å². The molecule has 0 aromatic heterocycles. The number of carbonyl (C=O) groups excluding carboxylic acids is 1. The van der Waals surface area contributed by atoms with E-state index in [0.29, 0.717) is 6.61 Å². The lowest BCUT2D eigenvalue weighted by molar-refractivity contribution is -0.117. The van der Waals surface area contributed by atoms with Crippen molar-refractivity contribution in [2.24, 2.45) is 0 Å². The lowest BCUT2D eigenvalue weighted by Gasteiger charge is -2.10. The van der Waals surface area contributed by atoms with Gasteiger partial charge < -0.3 is 10.1 Å². The molecule has 3 nitrogen and oxygen atoms in total. The molecule has 0 aliphatic carbocycles. The molecule has 0 aliphatic rings. The third-order valence-electron chi connectivity index (χ3n) is 2.27. The van der Waals surface area contributed by atoms with Crippen LogP contribution >= 0.6 is 0 Å². The summed E-state index contributed by atoms with van der Waals surface area (Å²) in [5, 5.41) is 2.81. The van der Waals surface area contributed by atoms with Crippen molar-refractivity contribution in [1.82, 2.24) is 5.32 Å². The minimum absolute atomic E-state index is 0.0228. The van der Waals surface area contributed by atoms with E-state index in [1.165, 1.54) is 5.56 Å². The van der Waals surface area contributed by atoms with E-state index in [1.54, 1.807) is 13.2 Å². The largest absolute Gasteiger partial charge is 0.383 e. The third-order valence-corrected chi connectivity index (χ3v) is 2.27. The Balaban J connectivity index is 2.51. The number of benzene rings is 1. The summed E-state index contributed by atoms with van der Waals surface area (Å²) in [6.07, 6.45) is 3.35. The van der Waals surface area contributed by atoms with Crippen LogP contribution in [0.5, 0.6) is 0 Å². The Morgan fingerprint density at radius 3 is 2.94 bits per heavy atom. The molecule has 3 heteroatoms. The summed E-state index contributed by atoms with van der Waals surface area (Å²) >= 11 is 0. The maximum atomic E-state index is 11.5. The zero-order chi connectivity index (χ0) is 12.7. The Bertz CT molecular complexity index is 399. The highest BCUT2D eigenvalue weighted by Crippen LogP contribution is 2.05. The topological polar surface area (TPSA) is 38.3 Å². The molecule has 0 saturated heterocycles. The summed E-state index contributed by atoms with van der Waals surface area (Å²) in [5.74, 6) is -0.101. The van der Waals surface area contributed by atoms with Gasteiger partial charge in [0.25, 0.3) is 0 Å². The number of ether oxygens (including phenoxy) is 1. The van der Waals surface area contributed by atoms with Crippen LogP contribution in [-0.4, -0.2) is 25.7 Å². The molecule has 0 unspecified atom stereocenters. The van der Waals surface area contributed by atoms with Crippen molar-refractivity contribution in [3.05, 3.63) is 41.5 Å². The van der Waals surface area contributed by atoms with E-state index in [2.05, 4.69) is 5.32 Å². The highest BCUT2D eigenvalue weighted by molar-refractivity contribution is 5.91. The second kappa shape index (κ2) is 6.86. The second-order valence-electron chi connectivity index (χ2n) is 4.11. The Hall–Kier alpha value is -1.61. The molecular weight excluding hydrogens is 214 g/mol. The molecule has 0 heterocycles. The smallest absolute Gasteiger partial charge is 0.244 e. The minimum Gasteiger partial charge on any atom is -0.383 e. The van der Waals surface area contributed by atoms with Gasteiger partial charge in [0.1, 0.15) is 0 Å². The van der Waals surface area contributed by atoms with Gasteiger partial charge in [0.2, 0.25) is 5.91 Å².